The van der Waals surface area contributed by atoms with E-state index in [1.807, 2.05) is 6.92 Å². The zero-order valence-electron chi connectivity index (χ0n) is 22.5. The van der Waals surface area contributed by atoms with Crippen LogP contribution in [0.2, 0.25) is 0 Å². The molecular weight excluding hydrogens is 462 g/mol. The Morgan fingerprint density at radius 3 is 2.34 bits per heavy atom. The molecule has 4 unspecified atom stereocenters. The summed E-state index contributed by atoms with van der Waals surface area (Å²) in [4.78, 5) is 12.6. The highest BCUT2D eigenvalue weighted by atomic mass is 32.2. The summed E-state index contributed by atoms with van der Waals surface area (Å²) >= 11 is 0. The molecule has 0 spiro atoms. The van der Waals surface area contributed by atoms with Crippen LogP contribution in [0.25, 0.3) is 0 Å². The number of hydrogen-bond donors (Lipinski definition) is 3. The van der Waals surface area contributed by atoms with E-state index in [1.54, 1.807) is 0 Å². The molecule has 3 N–H and O–H groups in total. The molecule has 11 atom stereocenters. The lowest BCUT2D eigenvalue weighted by Gasteiger charge is -2.62. The second-order valence-corrected chi connectivity index (χ2v) is 15.7. The fourth-order valence-corrected chi connectivity index (χ4v) is 10.0. The average molecular weight is 512 g/mol. The molecule has 4 fully saturated rings. The zero-order chi connectivity index (χ0) is 25.8. The molecule has 7 heteroatoms. The van der Waals surface area contributed by atoms with Crippen molar-refractivity contribution in [1.29, 1.82) is 0 Å². The average Bonchev–Trinajstić information content (AvgIpc) is 3.11. The molecule has 0 aliphatic heterocycles. The van der Waals surface area contributed by atoms with Gasteiger partial charge >= 0.3 is 0 Å². The van der Waals surface area contributed by atoms with Crippen molar-refractivity contribution in [2.24, 2.45) is 52.3 Å². The van der Waals surface area contributed by atoms with Crippen molar-refractivity contribution in [1.82, 2.24) is 5.32 Å². The molecule has 0 aromatic rings. The second-order valence-electron chi connectivity index (χ2n) is 13.5. The number of fused-ring (bicyclic) bond motifs is 5. The molecule has 0 radical (unpaired) electrons. The monoisotopic (exact) mass is 511 g/mol. The van der Waals surface area contributed by atoms with Gasteiger partial charge in [0.05, 0.1) is 18.0 Å². The summed E-state index contributed by atoms with van der Waals surface area (Å²) in [6.45, 7) is 9.35. The molecular formula is C28H49NO5S. The number of rotatable bonds is 7. The summed E-state index contributed by atoms with van der Waals surface area (Å²) in [6.07, 6.45) is 9.91. The van der Waals surface area contributed by atoms with Crippen molar-refractivity contribution in [2.45, 2.75) is 97.7 Å². The molecule has 35 heavy (non-hydrogen) atoms. The molecule has 4 aliphatic rings. The molecule has 0 aromatic carbocycles. The molecule has 6 nitrogen and oxygen atoms in total. The fraction of sp³-hybridized carbons (Fsp3) is 0.964. The molecule has 0 heterocycles. The number of carbonyl (C=O) groups excluding carboxylic acids is 1. The molecule has 4 rings (SSSR count). The van der Waals surface area contributed by atoms with Gasteiger partial charge in [-0.3, -0.25) is 4.79 Å². The summed E-state index contributed by atoms with van der Waals surface area (Å²) in [5.41, 5.74) is 0.443. The molecule has 4 saturated carbocycles. The number of hydrogen-bond acceptors (Lipinski definition) is 5. The zero-order valence-corrected chi connectivity index (χ0v) is 23.3. The normalized spacial score (nSPS) is 45.1. The van der Waals surface area contributed by atoms with Gasteiger partial charge in [-0.25, -0.2) is 8.42 Å². The van der Waals surface area contributed by atoms with E-state index in [4.69, 9.17) is 0 Å². The van der Waals surface area contributed by atoms with Crippen LogP contribution in [-0.2, 0) is 14.6 Å². The van der Waals surface area contributed by atoms with Crippen molar-refractivity contribution in [2.75, 3.05) is 18.6 Å². The summed E-state index contributed by atoms with van der Waals surface area (Å²) in [5, 5.41) is 24.5. The first-order valence-corrected chi connectivity index (χ1v) is 16.1. The first-order chi connectivity index (χ1) is 16.3. The number of aliphatic hydroxyl groups is 2. The highest BCUT2D eigenvalue weighted by Crippen LogP contribution is 2.68. The quantitative estimate of drug-likeness (QED) is 0.482. The van der Waals surface area contributed by atoms with Crippen molar-refractivity contribution in [3.8, 4) is 0 Å². The van der Waals surface area contributed by atoms with E-state index in [-0.39, 0.29) is 47.2 Å². The third-order valence-corrected chi connectivity index (χ3v) is 12.3. The van der Waals surface area contributed by atoms with Crippen LogP contribution in [0.15, 0.2) is 0 Å². The Labute approximate surface area is 212 Å². The lowest BCUT2D eigenvalue weighted by molar-refractivity contribution is -0.174. The maximum atomic E-state index is 12.6. The molecule has 202 valence electrons. The Kier molecular flexibility index (Phi) is 7.75. The van der Waals surface area contributed by atoms with E-state index in [0.29, 0.717) is 35.5 Å². The number of amides is 1. The number of sulfone groups is 1. The summed E-state index contributed by atoms with van der Waals surface area (Å²) in [6, 6.07) is 0. The third-order valence-electron chi connectivity index (χ3n) is 11.4. The highest BCUT2D eigenvalue weighted by Gasteiger charge is 2.62. The maximum Gasteiger partial charge on any atom is 0.222 e. The standard InChI is InChI=1S/C28H49NO5S/c1-17(14-18(2)26(32)29-12-13-35(5,33)34)21-6-7-22-25-23(9-11-28(21,22)4)27(3)10-8-20(30)15-19(27)16-24(25)31/h17-25,30-31H,6-16H2,1-5H3,(H,29,32)/t17-,18+,19?,20-,21-,22?,23?,24+,25?,27+,28-/m1/s1. The van der Waals surface area contributed by atoms with Gasteiger partial charge in [0.25, 0.3) is 0 Å². The minimum absolute atomic E-state index is 0.0208. The van der Waals surface area contributed by atoms with Crippen molar-refractivity contribution < 1.29 is 23.4 Å². The highest BCUT2D eigenvalue weighted by molar-refractivity contribution is 7.90. The summed E-state index contributed by atoms with van der Waals surface area (Å²) < 4.78 is 22.7. The number of aliphatic hydroxyl groups excluding tert-OH is 2. The summed E-state index contributed by atoms with van der Waals surface area (Å²) in [5.74, 6) is 2.62. The van der Waals surface area contributed by atoms with E-state index in [1.165, 1.54) is 31.9 Å². The van der Waals surface area contributed by atoms with E-state index in [0.717, 1.165) is 32.1 Å². The van der Waals surface area contributed by atoms with Gasteiger partial charge in [0, 0.05) is 18.7 Å². The van der Waals surface area contributed by atoms with Crippen LogP contribution in [0.3, 0.4) is 0 Å². The van der Waals surface area contributed by atoms with Gasteiger partial charge in [0.1, 0.15) is 9.84 Å². The Morgan fingerprint density at radius 2 is 1.66 bits per heavy atom. The van der Waals surface area contributed by atoms with E-state index in [9.17, 15) is 23.4 Å². The van der Waals surface area contributed by atoms with E-state index < -0.39 is 9.84 Å². The predicted octanol–water partition coefficient (Wildman–Crippen LogP) is 3.80. The number of nitrogens with one attached hydrogen (secondary N) is 1. The van der Waals surface area contributed by atoms with Crippen LogP contribution in [-0.4, -0.2) is 55.3 Å². The molecule has 0 saturated heterocycles. The van der Waals surface area contributed by atoms with Crippen molar-refractivity contribution >= 4 is 15.7 Å². The molecule has 0 aromatic heterocycles. The van der Waals surface area contributed by atoms with Gasteiger partial charge in [0.15, 0.2) is 0 Å². The van der Waals surface area contributed by atoms with Crippen LogP contribution in [0.5, 0.6) is 0 Å². The van der Waals surface area contributed by atoms with E-state index in [2.05, 4.69) is 26.1 Å². The Bertz CT molecular complexity index is 892. The Morgan fingerprint density at radius 1 is 1.00 bits per heavy atom. The SMILES string of the molecule is C[C@H](C[C@H](C)C(=O)NCCS(C)(=O)=O)[C@H]1CCC2C3C(CC[C@@]21C)[C@@]1(C)CC[C@@H](O)CC1C[C@@H]3O. The third kappa shape index (κ3) is 5.20. The van der Waals surface area contributed by atoms with Crippen molar-refractivity contribution in [3.05, 3.63) is 0 Å². The van der Waals surface area contributed by atoms with Gasteiger partial charge in [0.2, 0.25) is 5.91 Å². The van der Waals surface area contributed by atoms with Crippen LogP contribution in [0, 0.1) is 52.3 Å². The van der Waals surface area contributed by atoms with Gasteiger partial charge in [-0.15, -0.1) is 0 Å². The van der Waals surface area contributed by atoms with Crippen LogP contribution in [0.4, 0.5) is 0 Å². The molecule has 0 bridgehead atoms. The van der Waals surface area contributed by atoms with Crippen LogP contribution >= 0.6 is 0 Å². The first kappa shape index (κ1) is 27.4. The predicted molar refractivity (Wildman–Crippen MR) is 138 cm³/mol. The lowest BCUT2D eigenvalue weighted by atomic mass is 9.43. The van der Waals surface area contributed by atoms with Crippen LogP contribution in [0.1, 0.15) is 85.5 Å². The minimum atomic E-state index is -3.08. The van der Waals surface area contributed by atoms with Gasteiger partial charge in [-0.05, 0) is 104 Å². The molecule has 4 aliphatic carbocycles. The largest absolute Gasteiger partial charge is 0.393 e. The Balaban J connectivity index is 1.42. The topological polar surface area (TPSA) is 104 Å². The first-order valence-electron chi connectivity index (χ1n) is 14.1. The minimum Gasteiger partial charge on any atom is -0.393 e. The van der Waals surface area contributed by atoms with Gasteiger partial charge in [-0.1, -0.05) is 27.7 Å². The molecule has 1 amide bonds. The lowest BCUT2D eigenvalue weighted by Crippen LogP contribution is -2.58. The fourth-order valence-electron chi connectivity index (χ4n) is 9.54. The Hall–Kier alpha value is -0.660. The maximum absolute atomic E-state index is 12.6. The van der Waals surface area contributed by atoms with E-state index >= 15 is 0 Å². The second kappa shape index (κ2) is 9.90. The summed E-state index contributed by atoms with van der Waals surface area (Å²) in [7, 11) is -3.08. The number of carbonyl (C=O) groups is 1. The smallest absolute Gasteiger partial charge is 0.222 e. The van der Waals surface area contributed by atoms with Gasteiger partial charge < -0.3 is 15.5 Å². The van der Waals surface area contributed by atoms with Gasteiger partial charge in [-0.2, -0.15) is 0 Å². The van der Waals surface area contributed by atoms with Crippen molar-refractivity contribution in [3.63, 3.8) is 0 Å². The van der Waals surface area contributed by atoms with Crippen LogP contribution < -0.4 is 5.32 Å².